The largest absolute Gasteiger partial charge is 0.324 e. The summed E-state index contributed by atoms with van der Waals surface area (Å²) in [5, 5.41) is 0. The van der Waals surface area contributed by atoms with Crippen LogP contribution < -0.4 is 5.73 Å². The second-order valence-electron chi connectivity index (χ2n) is 4.83. The van der Waals surface area contributed by atoms with Gasteiger partial charge < -0.3 is 5.73 Å². The lowest BCUT2D eigenvalue weighted by Crippen LogP contribution is -2.21. The van der Waals surface area contributed by atoms with E-state index in [1.807, 2.05) is 0 Å². The minimum Gasteiger partial charge on any atom is -0.324 e. The summed E-state index contributed by atoms with van der Waals surface area (Å²) >= 11 is 0. The highest BCUT2D eigenvalue weighted by atomic mass is 14.6. The molecule has 0 radical (unpaired) electrons. The van der Waals surface area contributed by atoms with Gasteiger partial charge in [0.2, 0.25) is 0 Å². The first-order valence-corrected chi connectivity index (χ1v) is 6.79. The SMILES string of the molecule is CCCCCCCCC(N)C1=CCCC1. The number of rotatable bonds is 8. The summed E-state index contributed by atoms with van der Waals surface area (Å²) in [5.74, 6) is 0. The molecule has 2 N–H and O–H groups in total. The monoisotopic (exact) mass is 209 g/mol. The Morgan fingerprint density at radius 2 is 1.93 bits per heavy atom. The van der Waals surface area contributed by atoms with E-state index < -0.39 is 0 Å². The molecule has 0 spiro atoms. The lowest BCUT2D eigenvalue weighted by molar-refractivity contribution is 0.558. The Kier molecular flexibility index (Phi) is 6.74. The quantitative estimate of drug-likeness (QED) is 0.471. The number of allylic oxidation sites excluding steroid dienone is 1. The topological polar surface area (TPSA) is 26.0 Å². The molecule has 0 aromatic carbocycles. The molecule has 88 valence electrons. The van der Waals surface area contributed by atoms with E-state index in [9.17, 15) is 0 Å². The fraction of sp³-hybridized carbons (Fsp3) is 0.857. The fourth-order valence-electron chi connectivity index (χ4n) is 2.36. The molecule has 1 atom stereocenters. The predicted molar refractivity (Wildman–Crippen MR) is 67.9 cm³/mol. The van der Waals surface area contributed by atoms with Gasteiger partial charge in [-0.05, 0) is 25.7 Å². The maximum absolute atomic E-state index is 6.15. The van der Waals surface area contributed by atoms with Gasteiger partial charge in [0.05, 0.1) is 0 Å². The third-order valence-electron chi connectivity index (χ3n) is 3.42. The first kappa shape index (κ1) is 12.8. The smallest absolute Gasteiger partial charge is 0.0253 e. The van der Waals surface area contributed by atoms with Gasteiger partial charge in [0.1, 0.15) is 0 Å². The molecular weight excluding hydrogens is 182 g/mol. The number of nitrogens with two attached hydrogens (primary N) is 1. The van der Waals surface area contributed by atoms with Crippen molar-refractivity contribution in [3.63, 3.8) is 0 Å². The Morgan fingerprint density at radius 1 is 1.20 bits per heavy atom. The van der Waals surface area contributed by atoms with Crippen LogP contribution in [-0.2, 0) is 0 Å². The van der Waals surface area contributed by atoms with E-state index in [1.54, 1.807) is 0 Å². The van der Waals surface area contributed by atoms with Gasteiger partial charge in [-0.1, -0.05) is 57.1 Å². The molecule has 0 heterocycles. The maximum Gasteiger partial charge on any atom is 0.0253 e. The van der Waals surface area contributed by atoms with Gasteiger partial charge in [0.15, 0.2) is 0 Å². The van der Waals surface area contributed by atoms with E-state index in [4.69, 9.17) is 5.73 Å². The van der Waals surface area contributed by atoms with Crippen LogP contribution in [-0.4, -0.2) is 6.04 Å². The average Bonchev–Trinajstić information content (AvgIpc) is 2.76. The predicted octanol–water partition coefficient (Wildman–Crippen LogP) is 4.17. The van der Waals surface area contributed by atoms with Crippen LogP contribution in [0.5, 0.6) is 0 Å². The van der Waals surface area contributed by atoms with Crippen molar-refractivity contribution in [2.75, 3.05) is 0 Å². The molecule has 0 fully saturated rings. The zero-order chi connectivity index (χ0) is 10.9. The summed E-state index contributed by atoms with van der Waals surface area (Å²) < 4.78 is 0. The van der Waals surface area contributed by atoms with Crippen molar-refractivity contribution in [1.29, 1.82) is 0 Å². The van der Waals surface area contributed by atoms with E-state index >= 15 is 0 Å². The molecule has 0 aromatic heterocycles. The first-order chi connectivity index (χ1) is 7.34. The molecule has 0 amide bonds. The van der Waals surface area contributed by atoms with Crippen LogP contribution in [0, 0.1) is 0 Å². The van der Waals surface area contributed by atoms with Crippen molar-refractivity contribution < 1.29 is 0 Å². The van der Waals surface area contributed by atoms with Crippen LogP contribution >= 0.6 is 0 Å². The van der Waals surface area contributed by atoms with Crippen LogP contribution in [0.1, 0.15) is 71.1 Å². The van der Waals surface area contributed by atoms with Gasteiger partial charge in [-0.15, -0.1) is 0 Å². The molecule has 1 rings (SSSR count). The molecule has 0 aromatic rings. The van der Waals surface area contributed by atoms with Crippen molar-refractivity contribution in [3.05, 3.63) is 11.6 Å². The first-order valence-electron chi connectivity index (χ1n) is 6.79. The molecule has 1 heteroatoms. The lowest BCUT2D eigenvalue weighted by Gasteiger charge is -2.12. The molecule has 1 aliphatic rings. The molecule has 1 nitrogen and oxygen atoms in total. The third kappa shape index (κ3) is 5.36. The molecule has 1 aliphatic carbocycles. The van der Waals surface area contributed by atoms with Gasteiger partial charge in [-0.2, -0.15) is 0 Å². The average molecular weight is 209 g/mol. The standard InChI is InChI=1S/C14H27N/c1-2-3-4-5-6-7-12-14(15)13-10-8-9-11-13/h10,14H,2-9,11-12,15H2,1H3. The van der Waals surface area contributed by atoms with Gasteiger partial charge in [0, 0.05) is 6.04 Å². The van der Waals surface area contributed by atoms with E-state index in [-0.39, 0.29) is 0 Å². The summed E-state index contributed by atoms with van der Waals surface area (Å²) in [7, 11) is 0. The molecule has 15 heavy (non-hydrogen) atoms. The molecule has 0 bridgehead atoms. The van der Waals surface area contributed by atoms with Crippen molar-refractivity contribution in [3.8, 4) is 0 Å². The lowest BCUT2D eigenvalue weighted by atomic mass is 10.00. The minimum absolute atomic E-state index is 0.374. The molecule has 1 unspecified atom stereocenters. The Balaban J connectivity index is 1.95. The Labute approximate surface area is 95.1 Å². The Morgan fingerprint density at radius 3 is 2.60 bits per heavy atom. The molecule has 0 saturated heterocycles. The van der Waals surface area contributed by atoms with E-state index in [1.165, 1.54) is 69.8 Å². The minimum atomic E-state index is 0.374. The van der Waals surface area contributed by atoms with Gasteiger partial charge in [-0.3, -0.25) is 0 Å². The van der Waals surface area contributed by atoms with Gasteiger partial charge >= 0.3 is 0 Å². The van der Waals surface area contributed by atoms with E-state index in [0.29, 0.717) is 6.04 Å². The molecule has 0 aliphatic heterocycles. The summed E-state index contributed by atoms with van der Waals surface area (Å²) in [5.41, 5.74) is 7.68. The van der Waals surface area contributed by atoms with Crippen LogP contribution in [0.15, 0.2) is 11.6 Å². The number of hydrogen-bond donors (Lipinski definition) is 1. The van der Waals surface area contributed by atoms with Gasteiger partial charge in [-0.25, -0.2) is 0 Å². The van der Waals surface area contributed by atoms with Crippen LogP contribution in [0.2, 0.25) is 0 Å². The maximum atomic E-state index is 6.15. The molecule has 0 saturated carbocycles. The van der Waals surface area contributed by atoms with Crippen molar-refractivity contribution in [2.45, 2.75) is 77.2 Å². The Hall–Kier alpha value is -0.300. The molecular formula is C14H27N. The highest BCUT2D eigenvalue weighted by Crippen LogP contribution is 2.22. The summed E-state index contributed by atoms with van der Waals surface area (Å²) in [6, 6.07) is 0.374. The summed E-state index contributed by atoms with van der Waals surface area (Å²) in [4.78, 5) is 0. The highest BCUT2D eigenvalue weighted by Gasteiger charge is 2.11. The highest BCUT2D eigenvalue weighted by molar-refractivity contribution is 5.14. The zero-order valence-electron chi connectivity index (χ0n) is 10.3. The third-order valence-corrected chi connectivity index (χ3v) is 3.42. The van der Waals surface area contributed by atoms with Crippen LogP contribution in [0.3, 0.4) is 0 Å². The van der Waals surface area contributed by atoms with Crippen LogP contribution in [0.25, 0.3) is 0 Å². The number of hydrogen-bond acceptors (Lipinski definition) is 1. The normalized spacial score (nSPS) is 17.9. The summed E-state index contributed by atoms with van der Waals surface area (Å²) in [6.07, 6.45) is 15.7. The number of unbranched alkanes of at least 4 members (excludes halogenated alkanes) is 5. The second-order valence-corrected chi connectivity index (χ2v) is 4.83. The van der Waals surface area contributed by atoms with Crippen LogP contribution in [0.4, 0.5) is 0 Å². The zero-order valence-corrected chi connectivity index (χ0v) is 10.3. The Bertz CT molecular complexity index is 184. The van der Waals surface area contributed by atoms with E-state index in [2.05, 4.69) is 13.0 Å². The van der Waals surface area contributed by atoms with Crippen molar-refractivity contribution >= 4 is 0 Å². The fourth-order valence-corrected chi connectivity index (χ4v) is 2.36. The summed E-state index contributed by atoms with van der Waals surface area (Å²) in [6.45, 7) is 2.27. The van der Waals surface area contributed by atoms with Crippen molar-refractivity contribution in [2.24, 2.45) is 5.73 Å². The van der Waals surface area contributed by atoms with Crippen molar-refractivity contribution in [1.82, 2.24) is 0 Å². The van der Waals surface area contributed by atoms with Gasteiger partial charge in [0.25, 0.3) is 0 Å². The van der Waals surface area contributed by atoms with E-state index in [0.717, 1.165) is 0 Å². The second kappa shape index (κ2) is 7.92.